The third-order valence-electron chi connectivity index (χ3n) is 5.74. The number of carbonyl (C=O) groups is 1. The summed E-state index contributed by atoms with van der Waals surface area (Å²) < 4.78 is 25.7. The summed E-state index contributed by atoms with van der Waals surface area (Å²) in [5.74, 6) is 1.48. The van der Waals surface area contributed by atoms with E-state index in [1.54, 1.807) is 6.07 Å². The molecule has 146 valence electrons. The van der Waals surface area contributed by atoms with Gasteiger partial charge in [0.2, 0.25) is 5.91 Å². The molecule has 1 aromatic heterocycles. The number of hydrogen-bond donors (Lipinski definition) is 2. The number of amides is 1. The fraction of sp³-hybridized carbons (Fsp3) is 0.737. The second-order valence-electron chi connectivity index (χ2n) is 8.00. The average Bonchev–Trinajstić information content (AvgIpc) is 3.28. The minimum Gasteiger partial charge on any atom is -0.370 e. The first-order chi connectivity index (χ1) is 12.4. The average molecular weight is 386 g/mol. The molecule has 0 spiro atoms. The van der Waals surface area contributed by atoms with Gasteiger partial charge < -0.3 is 15.5 Å². The summed E-state index contributed by atoms with van der Waals surface area (Å²) in [6, 6.07) is 1.65. The van der Waals surface area contributed by atoms with Crippen molar-refractivity contribution in [2.45, 2.75) is 51.6 Å². The molecule has 1 aliphatic heterocycles. The summed E-state index contributed by atoms with van der Waals surface area (Å²) in [6.07, 6.45) is 0.522. The molecule has 26 heavy (non-hydrogen) atoms. The molecule has 3 rings (SSSR count). The topological polar surface area (TPSA) is 44.4 Å². The van der Waals surface area contributed by atoms with Crippen molar-refractivity contribution in [1.82, 2.24) is 10.6 Å². The quantitative estimate of drug-likeness (QED) is 0.753. The Morgan fingerprint density at radius 1 is 1.35 bits per heavy atom. The number of alkyl halides is 2. The first-order valence-electron chi connectivity index (χ1n) is 9.48. The first-order valence-corrected chi connectivity index (χ1v) is 10.4. The molecule has 2 fully saturated rings. The maximum absolute atomic E-state index is 12.8. The molecule has 1 aromatic rings. The first kappa shape index (κ1) is 19.5. The second kappa shape index (κ2) is 8.21. The lowest BCUT2D eigenvalue weighted by Gasteiger charge is -2.25. The number of nitrogens with one attached hydrogen (secondary N) is 2. The van der Waals surface area contributed by atoms with Crippen LogP contribution in [0.3, 0.4) is 0 Å². The number of nitrogens with zero attached hydrogens (tertiary/aromatic N) is 1. The van der Waals surface area contributed by atoms with Crippen molar-refractivity contribution in [3.63, 3.8) is 0 Å². The van der Waals surface area contributed by atoms with Crippen LogP contribution in [-0.2, 0) is 4.79 Å². The molecule has 4 atom stereocenters. The van der Waals surface area contributed by atoms with Gasteiger partial charge in [-0.3, -0.25) is 4.79 Å². The summed E-state index contributed by atoms with van der Waals surface area (Å²) in [5, 5.41) is 8.21. The summed E-state index contributed by atoms with van der Waals surface area (Å²) in [7, 11) is 1.83. The Morgan fingerprint density at radius 2 is 2.12 bits per heavy atom. The molecule has 4 nitrogen and oxygen atoms in total. The molecule has 1 amide bonds. The fourth-order valence-corrected chi connectivity index (χ4v) is 5.15. The zero-order chi connectivity index (χ0) is 18.8. The van der Waals surface area contributed by atoms with Crippen LogP contribution in [0.4, 0.5) is 14.5 Å². The molecule has 1 aliphatic carbocycles. The van der Waals surface area contributed by atoms with Gasteiger partial charge in [-0.25, -0.2) is 8.78 Å². The third-order valence-corrected chi connectivity index (χ3v) is 6.67. The van der Waals surface area contributed by atoms with Crippen molar-refractivity contribution in [1.29, 1.82) is 0 Å². The van der Waals surface area contributed by atoms with Gasteiger partial charge >= 0.3 is 0 Å². The Balaban J connectivity index is 1.60. The fourth-order valence-electron chi connectivity index (χ4n) is 4.39. The molecule has 2 heterocycles. The second-order valence-corrected chi connectivity index (χ2v) is 8.94. The van der Waals surface area contributed by atoms with E-state index in [2.05, 4.69) is 29.4 Å². The van der Waals surface area contributed by atoms with E-state index in [9.17, 15) is 13.6 Å². The van der Waals surface area contributed by atoms with Crippen LogP contribution >= 0.6 is 11.3 Å². The van der Waals surface area contributed by atoms with Crippen molar-refractivity contribution in [3.05, 3.63) is 16.3 Å². The van der Waals surface area contributed by atoms with Crippen LogP contribution < -0.4 is 15.5 Å². The van der Waals surface area contributed by atoms with E-state index in [4.69, 9.17) is 0 Å². The van der Waals surface area contributed by atoms with Gasteiger partial charge in [0.1, 0.15) is 0 Å². The number of anilines is 1. The van der Waals surface area contributed by atoms with E-state index in [0.717, 1.165) is 49.4 Å². The predicted octanol–water partition coefficient (Wildman–Crippen LogP) is 3.65. The Morgan fingerprint density at radius 3 is 2.73 bits per heavy atom. The molecule has 2 aliphatic rings. The molecule has 1 saturated heterocycles. The van der Waals surface area contributed by atoms with Gasteiger partial charge in [0.15, 0.2) is 0 Å². The Kier molecular flexibility index (Phi) is 6.17. The maximum atomic E-state index is 12.8. The number of rotatable bonds is 7. The van der Waals surface area contributed by atoms with E-state index in [1.807, 2.05) is 12.4 Å². The van der Waals surface area contributed by atoms with Crippen molar-refractivity contribution < 1.29 is 13.6 Å². The number of fused-ring (bicyclic) bond motifs is 1. The highest BCUT2D eigenvalue weighted by Gasteiger charge is 2.43. The third kappa shape index (κ3) is 4.19. The molecule has 7 heteroatoms. The van der Waals surface area contributed by atoms with Crippen LogP contribution in [0.25, 0.3) is 0 Å². The van der Waals surface area contributed by atoms with Crippen LogP contribution in [0, 0.1) is 17.8 Å². The van der Waals surface area contributed by atoms with Crippen LogP contribution in [0.15, 0.2) is 11.4 Å². The van der Waals surface area contributed by atoms with Crippen molar-refractivity contribution in [2.24, 2.45) is 17.8 Å². The van der Waals surface area contributed by atoms with Crippen LogP contribution in [0.1, 0.15) is 44.4 Å². The molecule has 0 aromatic carbocycles. The van der Waals surface area contributed by atoms with Gasteiger partial charge in [0.25, 0.3) is 6.43 Å². The lowest BCUT2D eigenvalue weighted by Crippen LogP contribution is -2.49. The van der Waals surface area contributed by atoms with Crippen LogP contribution in [0.2, 0.25) is 0 Å². The lowest BCUT2D eigenvalue weighted by atomic mass is 9.97. The van der Waals surface area contributed by atoms with Gasteiger partial charge in [0, 0.05) is 36.1 Å². The number of halogens is 2. The molecule has 0 unspecified atom stereocenters. The van der Waals surface area contributed by atoms with Gasteiger partial charge in [-0.2, -0.15) is 0 Å². The molecule has 1 saturated carbocycles. The van der Waals surface area contributed by atoms with Gasteiger partial charge in [-0.05, 0) is 44.2 Å². The van der Waals surface area contributed by atoms with E-state index >= 15 is 0 Å². The number of likely N-dealkylation sites (N-methyl/N-ethyl adjacent to an activating group) is 1. The van der Waals surface area contributed by atoms with E-state index < -0.39 is 6.43 Å². The number of hydrogen-bond acceptors (Lipinski definition) is 4. The number of thiophene rings is 1. The summed E-state index contributed by atoms with van der Waals surface area (Å²) in [6.45, 7) is 5.97. The highest BCUT2D eigenvalue weighted by molar-refractivity contribution is 7.10. The SMILES string of the molecule is CN[C@@H](CC(C)C)C(=O)N[C@H]1CC[C@@H]2CN(c3csc(C(F)F)c3)C[C@@H]21. The Labute approximate surface area is 158 Å². The van der Waals surface area contributed by atoms with Gasteiger partial charge in [0.05, 0.1) is 10.9 Å². The van der Waals surface area contributed by atoms with Crippen LogP contribution in [0.5, 0.6) is 0 Å². The Hall–Kier alpha value is -1.21. The maximum Gasteiger partial charge on any atom is 0.272 e. The standard InChI is InChI=1S/C19H29F2N3OS/c1-11(2)6-16(22-3)19(25)23-15-5-4-12-8-24(9-14(12)15)13-7-17(18(20)21)26-10-13/h7,10-12,14-16,18,22H,4-6,8-9H2,1-3H3,(H,23,25)/t12-,14+,15+,16+/m1/s1. The normalized spacial score (nSPS) is 26.6. The van der Waals surface area contributed by atoms with E-state index in [1.165, 1.54) is 0 Å². The van der Waals surface area contributed by atoms with Gasteiger partial charge in [-0.1, -0.05) is 13.8 Å². The smallest absolute Gasteiger partial charge is 0.272 e. The van der Waals surface area contributed by atoms with Crippen molar-refractivity contribution in [2.75, 3.05) is 25.0 Å². The molecule has 2 N–H and O–H groups in total. The Bertz CT molecular complexity index is 622. The summed E-state index contributed by atoms with van der Waals surface area (Å²) >= 11 is 1.13. The highest BCUT2D eigenvalue weighted by Crippen LogP contribution is 2.41. The zero-order valence-corrected chi connectivity index (χ0v) is 16.5. The molecular formula is C19H29F2N3OS. The van der Waals surface area contributed by atoms with Gasteiger partial charge in [-0.15, -0.1) is 11.3 Å². The summed E-state index contributed by atoms with van der Waals surface area (Å²) in [4.78, 5) is 15.0. The number of carbonyl (C=O) groups excluding carboxylic acids is 1. The summed E-state index contributed by atoms with van der Waals surface area (Å²) in [5.41, 5.74) is 0.901. The predicted molar refractivity (Wildman–Crippen MR) is 102 cm³/mol. The molecule has 0 bridgehead atoms. The van der Waals surface area contributed by atoms with Crippen molar-refractivity contribution >= 4 is 22.9 Å². The van der Waals surface area contributed by atoms with Crippen LogP contribution in [-0.4, -0.2) is 38.1 Å². The molecule has 0 radical (unpaired) electrons. The van der Waals surface area contributed by atoms with E-state index in [-0.39, 0.29) is 22.9 Å². The zero-order valence-electron chi connectivity index (χ0n) is 15.7. The lowest BCUT2D eigenvalue weighted by molar-refractivity contribution is -0.124. The highest BCUT2D eigenvalue weighted by atomic mass is 32.1. The minimum absolute atomic E-state index is 0.0841. The minimum atomic E-state index is -2.40. The largest absolute Gasteiger partial charge is 0.370 e. The van der Waals surface area contributed by atoms with E-state index in [0.29, 0.717) is 17.8 Å². The molecular weight excluding hydrogens is 356 g/mol. The van der Waals surface area contributed by atoms with Crippen molar-refractivity contribution in [3.8, 4) is 0 Å². The monoisotopic (exact) mass is 385 g/mol.